The highest BCUT2D eigenvalue weighted by Crippen LogP contribution is 2.48. The van der Waals surface area contributed by atoms with E-state index in [0.717, 1.165) is 0 Å². The molecule has 0 heterocycles. The van der Waals surface area contributed by atoms with Gasteiger partial charge in [0.15, 0.2) is 0 Å². The Kier molecular flexibility index (Phi) is 4.20. The Balaban J connectivity index is 3.37. The lowest BCUT2D eigenvalue weighted by Crippen LogP contribution is -2.17. The lowest BCUT2D eigenvalue weighted by atomic mass is 9.79. The number of nitrogens with zero attached hydrogens (tertiary/aromatic N) is 3. The largest absolute Gasteiger partial charge is 0.287 e. The third-order valence-electron chi connectivity index (χ3n) is 4.13. The summed E-state index contributed by atoms with van der Waals surface area (Å²) in [4.78, 5) is 32.8. The summed E-state index contributed by atoms with van der Waals surface area (Å²) < 4.78 is 0. The van der Waals surface area contributed by atoms with Gasteiger partial charge in [-0.1, -0.05) is 26.8 Å². The van der Waals surface area contributed by atoms with Gasteiger partial charge >= 0.3 is 0 Å². The van der Waals surface area contributed by atoms with Crippen molar-refractivity contribution < 1.29 is 14.8 Å². The molecule has 0 fully saturated rings. The average Bonchev–Trinajstić information content (AvgIpc) is 2.43. The average molecular weight is 347 g/mol. The van der Waals surface area contributed by atoms with Crippen LogP contribution in [0.1, 0.15) is 37.5 Å². The highest BCUT2D eigenvalue weighted by atomic mass is 16.6. The fraction of sp³-hybridized carbons (Fsp3) is 0.375. The number of fused-ring (bicyclic) bond motifs is 1. The fourth-order valence-electron chi connectivity index (χ4n) is 3.19. The van der Waals surface area contributed by atoms with Crippen molar-refractivity contribution in [3.05, 3.63) is 59.2 Å². The maximum Gasteiger partial charge on any atom is 0.287 e. The number of hydrogen-bond donors (Lipinski definition) is 0. The molecule has 0 saturated heterocycles. The smallest absolute Gasteiger partial charge is 0.258 e. The fourth-order valence-corrected chi connectivity index (χ4v) is 3.19. The molecule has 0 aliphatic carbocycles. The molecule has 0 atom stereocenters. The van der Waals surface area contributed by atoms with Crippen molar-refractivity contribution >= 4 is 27.8 Å². The van der Waals surface area contributed by atoms with E-state index in [9.17, 15) is 30.3 Å². The summed E-state index contributed by atoms with van der Waals surface area (Å²) in [5, 5.41) is 34.9. The van der Waals surface area contributed by atoms with Crippen molar-refractivity contribution in [2.45, 2.75) is 40.0 Å². The normalized spacial score (nSPS) is 11.6. The monoisotopic (exact) mass is 347 g/mol. The van der Waals surface area contributed by atoms with Crippen LogP contribution in [-0.2, 0) is 5.41 Å². The number of nitro groups is 3. The van der Waals surface area contributed by atoms with Gasteiger partial charge in [0, 0.05) is 5.56 Å². The molecule has 25 heavy (non-hydrogen) atoms. The van der Waals surface area contributed by atoms with Crippen LogP contribution in [0, 0.1) is 44.2 Å². The van der Waals surface area contributed by atoms with Gasteiger partial charge in [0.1, 0.15) is 5.56 Å². The van der Waals surface area contributed by atoms with Gasteiger partial charge in [-0.2, -0.15) is 0 Å². The SMILES string of the molecule is Cc1ccc2c([N+](=O)[O-])c(C)c([N+](=O)[O-])c(C(C)(C)C)c2c1[N+](=O)[O-]. The molecule has 132 valence electrons. The molecular weight excluding hydrogens is 330 g/mol. The number of rotatable bonds is 3. The maximum atomic E-state index is 11.7. The summed E-state index contributed by atoms with van der Waals surface area (Å²) >= 11 is 0. The molecule has 0 aromatic heterocycles. The quantitative estimate of drug-likeness (QED) is 0.594. The Bertz CT molecular complexity index is 944. The van der Waals surface area contributed by atoms with Crippen LogP contribution < -0.4 is 0 Å². The Morgan fingerprint density at radius 1 is 0.800 bits per heavy atom. The Hall–Kier alpha value is -3.10. The summed E-state index contributed by atoms with van der Waals surface area (Å²) in [5.41, 5.74) is -1.78. The van der Waals surface area contributed by atoms with E-state index in [1.165, 1.54) is 26.0 Å². The van der Waals surface area contributed by atoms with Gasteiger partial charge in [0.2, 0.25) is 0 Å². The van der Waals surface area contributed by atoms with Crippen molar-refractivity contribution in [3.8, 4) is 0 Å². The topological polar surface area (TPSA) is 129 Å². The molecule has 0 aliphatic rings. The Morgan fingerprint density at radius 3 is 1.68 bits per heavy atom. The summed E-state index contributed by atoms with van der Waals surface area (Å²) in [5.74, 6) is 0. The van der Waals surface area contributed by atoms with E-state index in [-0.39, 0.29) is 33.2 Å². The second-order valence-corrected chi connectivity index (χ2v) is 6.87. The third kappa shape index (κ3) is 2.77. The van der Waals surface area contributed by atoms with Crippen LogP contribution in [0.3, 0.4) is 0 Å². The van der Waals surface area contributed by atoms with E-state index >= 15 is 0 Å². The first-order valence-electron chi connectivity index (χ1n) is 7.43. The lowest BCUT2D eigenvalue weighted by molar-refractivity contribution is -0.395. The molecule has 2 rings (SSSR count). The van der Waals surface area contributed by atoms with Gasteiger partial charge in [-0.25, -0.2) is 0 Å². The first-order chi connectivity index (χ1) is 11.4. The zero-order chi connectivity index (χ0) is 19.3. The van der Waals surface area contributed by atoms with Gasteiger partial charge in [0.05, 0.1) is 31.1 Å². The molecule has 0 saturated carbocycles. The van der Waals surface area contributed by atoms with Crippen molar-refractivity contribution in [1.29, 1.82) is 0 Å². The zero-order valence-corrected chi connectivity index (χ0v) is 14.4. The summed E-state index contributed by atoms with van der Waals surface area (Å²) in [7, 11) is 0. The van der Waals surface area contributed by atoms with Crippen LogP contribution in [0.2, 0.25) is 0 Å². The molecular formula is C16H17N3O6. The van der Waals surface area contributed by atoms with Crippen LogP contribution in [-0.4, -0.2) is 14.8 Å². The highest BCUT2D eigenvalue weighted by Gasteiger charge is 2.39. The van der Waals surface area contributed by atoms with Crippen LogP contribution in [0.25, 0.3) is 10.8 Å². The predicted molar refractivity (Wildman–Crippen MR) is 92.1 cm³/mol. The first-order valence-corrected chi connectivity index (χ1v) is 7.43. The molecule has 9 nitrogen and oxygen atoms in total. The second kappa shape index (κ2) is 5.76. The molecule has 0 unspecified atom stereocenters. The van der Waals surface area contributed by atoms with E-state index in [2.05, 4.69) is 0 Å². The molecule has 0 spiro atoms. The molecule has 0 aliphatic heterocycles. The summed E-state index contributed by atoms with van der Waals surface area (Å²) in [6, 6.07) is 2.84. The minimum atomic E-state index is -0.834. The van der Waals surface area contributed by atoms with E-state index in [0.29, 0.717) is 0 Å². The molecule has 2 aromatic carbocycles. The van der Waals surface area contributed by atoms with Gasteiger partial charge in [-0.3, -0.25) is 30.3 Å². The summed E-state index contributed by atoms with van der Waals surface area (Å²) in [6.07, 6.45) is 0. The number of nitro benzene ring substituents is 3. The minimum absolute atomic E-state index is 0.0373. The lowest BCUT2D eigenvalue weighted by Gasteiger charge is -2.22. The third-order valence-corrected chi connectivity index (χ3v) is 4.13. The van der Waals surface area contributed by atoms with E-state index < -0.39 is 31.6 Å². The Morgan fingerprint density at radius 2 is 1.28 bits per heavy atom. The van der Waals surface area contributed by atoms with Crippen molar-refractivity contribution in [2.75, 3.05) is 0 Å². The summed E-state index contributed by atoms with van der Waals surface area (Å²) in [6.45, 7) is 7.86. The second-order valence-electron chi connectivity index (χ2n) is 6.87. The van der Waals surface area contributed by atoms with Crippen LogP contribution >= 0.6 is 0 Å². The molecule has 9 heteroatoms. The molecule has 2 aromatic rings. The van der Waals surface area contributed by atoms with Crippen LogP contribution in [0.5, 0.6) is 0 Å². The highest BCUT2D eigenvalue weighted by molar-refractivity contribution is 6.04. The molecule has 0 bridgehead atoms. The van der Waals surface area contributed by atoms with E-state index in [1.54, 1.807) is 20.8 Å². The maximum absolute atomic E-state index is 11.7. The minimum Gasteiger partial charge on any atom is -0.258 e. The number of hydrogen-bond acceptors (Lipinski definition) is 6. The van der Waals surface area contributed by atoms with Crippen molar-refractivity contribution in [1.82, 2.24) is 0 Å². The first kappa shape index (κ1) is 18.2. The molecule has 0 radical (unpaired) electrons. The van der Waals surface area contributed by atoms with E-state index in [1.807, 2.05) is 0 Å². The standard InChI is InChI=1S/C16H17N3O6/c1-8-6-7-10-11(13(8)17(20)21)12(16(3,4)5)15(19(24)25)9(2)14(10)18(22)23/h6-7H,1-5H3. The van der Waals surface area contributed by atoms with Crippen molar-refractivity contribution in [2.24, 2.45) is 0 Å². The van der Waals surface area contributed by atoms with E-state index in [4.69, 9.17) is 0 Å². The van der Waals surface area contributed by atoms with Crippen LogP contribution in [0.4, 0.5) is 17.1 Å². The van der Waals surface area contributed by atoms with Crippen molar-refractivity contribution in [3.63, 3.8) is 0 Å². The molecule has 0 N–H and O–H groups in total. The van der Waals surface area contributed by atoms with Crippen LogP contribution in [0.15, 0.2) is 12.1 Å². The number of benzene rings is 2. The Labute approximate surface area is 142 Å². The van der Waals surface area contributed by atoms with Gasteiger partial charge in [-0.15, -0.1) is 0 Å². The number of aryl methyl sites for hydroxylation is 1. The molecule has 0 amide bonds. The predicted octanol–water partition coefficient (Wildman–Crippen LogP) is 4.48. The zero-order valence-electron chi connectivity index (χ0n) is 14.4. The van der Waals surface area contributed by atoms with Gasteiger partial charge in [-0.05, 0) is 25.3 Å². The van der Waals surface area contributed by atoms with Gasteiger partial charge in [0.25, 0.3) is 17.1 Å². The van der Waals surface area contributed by atoms with Gasteiger partial charge < -0.3 is 0 Å².